The SMILES string of the molecule is O=C(C=Cc1cccc(Br)c1)OCC(=O)c1ccc(Cl)s1. The van der Waals surface area contributed by atoms with Crippen molar-refractivity contribution in [2.24, 2.45) is 0 Å². The van der Waals surface area contributed by atoms with Crippen LogP contribution in [-0.4, -0.2) is 18.4 Å². The summed E-state index contributed by atoms with van der Waals surface area (Å²) in [5.41, 5.74) is 0.859. The van der Waals surface area contributed by atoms with Crippen molar-refractivity contribution < 1.29 is 14.3 Å². The van der Waals surface area contributed by atoms with Gasteiger partial charge in [-0.05, 0) is 35.9 Å². The molecule has 1 aromatic carbocycles. The lowest BCUT2D eigenvalue weighted by atomic mass is 10.2. The lowest BCUT2D eigenvalue weighted by Crippen LogP contribution is -2.11. The average Bonchev–Trinajstić information content (AvgIpc) is 2.89. The summed E-state index contributed by atoms with van der Waals surface area (Å²) in [6.07, 6.45) is 2.91. The highest BCUT2D eigenvalue weighted by molar-refractivity contribution is 9.10. The highest BCUT2D eigenvalue weighted by Crippen LogP contribution is 2.21. The number of ether oxygens (including phenoxy) is 1. The molecule has 21 heavy (non-hydrogen) atoms. The molecule has 108 valence electrons. The number of hydrogen-bond donors (Lipinski definition) is 0. The first kappa shape index (κ1) is 15.9. The van der Waals surface area contributed by atoms with Gasteiger partial charge in [-0.3, -0.25) is 4.79 Å². The van der Waals surface area contributed by atoms with Gasteiger partial charge in [-0.25, -0.2) is 4.79 Å². The van der Waals surface area contributed by atoms with Gasteiger partial charge in [0.2, 0.25) is 5.78 Å². The molecule has 2 rings (SSSR count). The van der Waals surface area contributed by atoms with E-state index in [2.05, 4.69) is 15.9 Å². The van der Waals surface area contributed by atoms with Gasteiger partial charge in [-0.1, -0.05) is 39.7 Å². The maximum atomic E-state index is 11.7. The molecule has 0 radical (unpaired) electrons. The van der Waals surface area contributed by atoms with E-state index in [1.807, 2.05) is 24.3 Å². The topological polar surface area (TPSA) is 43.4 Å². The van der Waals surface area contributed by atoms with Crippen LogP contribution in [-0.2, 0) is 9.53 Å². The molecule has 0 bridgehead atoms. The maximum absolute atomic E-state index is 11.7. The summed E-state index contributed by atoms with van der Waals surface area (Å²) in [5, 5.41) is 0. The van der Waals surface area contributed by atoms with Gasteiger partial charge in [0.1, 0.15) is 0 Å². The summed E-state index contributed by atoms with van der Waals surface area (Å²) < 4.78 is 6.34. The Morgan fingerprint density at radius 3 is 2.76 bits per heavy atom. The zero-order valence-corrected chi connectivity index (χ0v) is 13.9. The lowest BCUT2D eigenvalue weighted by molar-refractivity contribution is -0.136. The molecule has 0 aliphatic carbocycles. The van der Waals surface area contributed by atoms with Crippen LogP contribution in [0.2, 0.25) is 4.34 Å². The maximum Gasteiger partial charge on any atom is 0.331 e. The number of benzene rings is 1. The van der Waals surface area contributed by atoms with Crippen LogP contribution in [0.25, 0.3) is 6.08 Å². The summed E-state index contributed by atoms with van der Waals surface area (Å²) >= 11 is 10.2. The van der Waals surface area contributed by atoms with Crippen molar-refractivity contribution in [1.29, 1.82) is 0 Å². The van der Waals surface area contributed by atoms with Gasteiger partial charge in [0.15, 0.2) is 6.61 Å². The Balaban J connectivity index is 1.86. The number of rotatable bonds is 5. The average molecular weight is 386 g/mol. The first-order chi connectivity index (χ1) is 10.0. The first-order valence-electron chi connectivity index (χ1n) is 5.93. The quantitative estimate of drug-likeness (QED) is 0.429. The molecule has 0 aliphatic heterocycles. The van der Waals surface area contributed by atoms with E-state index in [1.54, 1.807) is 18.2 Å². The van der Waals surface area contributed by atoms with E-state index >= 15 is 0 Å². The standard InChI is InChI=1S/C15H10BrClO3S/c16-11-3-1-2-10(8-11)4-7-15(19)20-9-12(18)13-5-6-14(17)21-13/h1-8H,9H2. The second-order valence-corrected chi connectivity index (χ2v) is 6.65. The van der Waals surface area contributed by atoms with Crippen LogP contribution in [0.3, 0.4) is 0 Å². The predicted molar refractivity (Wildman–Crippen MR) is 87.8 cm³/mol. The fourth-order valence-corrected chi connectivity index (χ4v) is 2.88. The van der Waals surface area contributed by atoms with E-state index in [1.165, 1.54) is 6.08 Å². The zero-order chi connectivity index (χ0) is 15.2. The Labute approximate surface area is 139 Å². The Morgan fingerprint density at radius 2 is 2.10 bits per heavy atom. The van der Waals surface area contributed by atoms with Crippen LogP contribution >= 0.6 is 38.9 Å². The van der Waals surface area contributed by atoms with Crippen molar-refractivity contribution in [3.63, 3.8) is 0 Å². The van der Waals surface area contributed by atoms with Gasteiger partial charge in [-0.2, -0.15) is 0 Å². The molecule has 0 aliphatic rings. The molecule has 1 heterocycles. The van der Waals surface area contributed by atoms with Crippen molar-refractivity contribution in [3.05, 3.63) is 61.7 Å². The molecule has 2 aromatic rings. The number of ketones is 1. The summed E-state index contributed by atoms with van der Waals surface area (Å²) in [7, 11) is 0. The van der Waals surface area contributed by atoms with Gasteiger partial charge >= 0.3 is 5.97 Å². The monoisotopic (exact) mass is 384 g/mol. The third-order valence-corrected chi connectivity index (χ3v) is 4.22. The molecular formula is C15H10BrClO3S. The number of Topliss-reactive ketones (excluding diaryl/α,β-unsaturated/α-hetero) is 1. The van der Waals surface area contributed by atoms with Crippen LogP contribution in [0.5, 0.6) is 0 Å². The van der Waals surface area contributed by atoms with Crippen molar-refractivity contribution >= 4 is 56.7 Å². The normalized spacial score (nSPS) is 10.8. The van der Waals surface area contributed by atoms with E-state index in [9.17, 15) is 9.59 Å². The highest BCUT2D eigenvalue weighted by Gasteiger charge is 2.10. The second kappa shape index (κ2) is 7.54. The Bertz CT molecular complexity index is 694. The molecule has 0 atom stereocenters. The Hall–Kier alpha value is -1.43. The molecule has 6 heteroatoms. The summed E-state index contributed by atoms with van der Waals surface area (Å²) in [4.78, 5) is 23.7. The molecule has 0 amide bonds. The van der Waals surface area contributed by atoms with E-state index in [0.29, 0.717) is 9.21 Å². The number of esters is 1. The Morgan fingerprint density at radius 1 is 1.29 bits per heavy atom. The number of thiophene rings is 1. The molecule has 3 nitrogen and oxygen atoms in total. The molecular weight excluding hydrogens is 376 g/mol. The highest BCUT2D eigenvalue weighted by atomic mass is 79.9. The lowest BCUT2D eigenvalue weighted by Gasteiger charge is -1.99. The molecule has 0 fully saturated rings. The minimum absolute atomic E-state index is 0.267. The van der Waals surface area contributed by atoms with E-state index in [-0.39, 0.29) is 12.4 Å². The van der Waals surface area contributed by atoms with E-state index in [0.717, 1.165) is 21.4 Å². The van der Waals surface area contributed by atoms with E-state index in [4.69, 9.17) is 16.3 Å². The first-order valence-corrected chi connectivity index (χ1v) is 7.92. The van der Waals surface area contributed by atoms with Crippen LogP contribution < -0.4 is 0 Å². The van der Waals surface area contributed by atoms with Gasteiger partial charge in [0.05, 0.1) is 9.21 Å². The van der Waals surface area contributed by atoms with Crippen molar-refractivity contribution in [2.45, 2.75) is 0 Å². The fourth-order valence-electron chi connectivity index (χ4n) is 1.49. The molecule has 0 unspecified atom stereocenters. The van der Waals surface area contributed by atoms with Gasteiger partial charge in [0.25, 0.3) is 0 Å². The summed E-state index contributed by atoms with van der Waals surface area (Å²) in [6, 6.07) is 10.7. The van der Waals surface area contributed by atoms with Crippen LogP contribution in [0.4, 0.5) is 0 Å². The van der Waals surface area contributed by atoms with Gasteiger partial charge in [-0.15, -0.1) is 11.3 Å². The summed E-state index contributed by atoms with van der Waals surface area (Å²) in [6.45, 7) is -0.293. The largest absolute Gasteiger partial charge is 0.454 e. The van der Waals surface area contributed by atoms with Crippen LogP contribution in [0.1, 0.15) is 15.2 Å². The fraction of sp³-hybridized carbons (Fsp3) is 0.0667. The van der Waals surface area contributed by atoms with Crippen molar-refractivity contribution in [3.8, 4) is 0 Å². The second-order valence-electron chi connectivity index (χ2n) is 4.02. The van der Waals surface area contributed by atoms with Gasteiger partial charge < -0.3 is 4.74 Å². The molecule has 0 saturated carbocycles. The van der Waals surface area contributed by atoms with Crippen molar-refractivity contribution in [2.75, 3.05) is 6.61 Å². The third kappa shape index (κ3) is 5.12. The molecule has 1 aromatic heterocycles. The minimum atomic E-state index is -0.564. The predicted octanol–water partition coefficient (Wildman–Crippen LogP) is 4.60. The molecule has 0 N–H and O–H groups in total. The number of carbonyl (C=O) groups is 2. The smallest absolute Gasteiger partial charge is 0.331 e. The number of halogens is 2. The van der Waals surface area contributed by atoms with Crippen LogP contribution in [0.15, 0.2) is 46.9 Å². The molecule has 0 saturated heterocycles. The third-order valence-electron chi connectivity index (χ3n) is 2.45. The molecule has 0 spiro atoms. The number of hydrogen-bond acceptors (Lipinski definition) is 4. The van der Waals surface area contributed by atoms with Crippen molar-refractivity contribution in [1.82, 2.24) is 0 Å². The minimum Gasteiger partial charge on any atom is -0.454 e. The van der Waals surface area contributed by atoms with Crippen LogP contribution in [0, 0.1) is 0 Å². The summed E-state index contributed by atoms with van der Waals surface area (Å²) in [5.74, 6) is -0.831. The van der Waals surface area contributed by atoms with Gasteiger partial charge in [0, 0.05) is 10.5 Å². The van der Waals surface area contributed by atoms with E-state index < -0.39 is 5.97 Å². The zero-order valence-electron chi connectivity index (χ0n) is 10.7. The number of carbonyl (C=O) groups excluding carboxylic acids is 2. The Kier molecular flexibility index (Phi) is 5.73.